The molecule has 0 aliphatic carbocycles. The van der Waals surface area contributed by atoms with Crippen molar-refractivity contribution >= 4 is 41.5 Å². The highest BCUT2D eigenvalue weighted by atomic mass is 127. The van der Waals surface area contributed by atoms with Crippen molar-refractivity contribution in [3.05, 3.63) is 48.4 Å². The summed E-state index contributed by atoms with van der Waals surface area (Å²) in [6, 6.07) is 11.5. The fraction of sp³-hybridized carbons (Fsp3) is 0.478. The van der Waals surface area contributed by atoms with Gasteiger partial charge in [-0.05, 0) is 50.2 Å². The van der Waals surface area contributed by atoms with E-state index in [4.69, 9.17) is 9.15 Å². The molecule has 0 spiro atoms. The van der Waals surface area contributed by atoms with Gasteiger partial charge in [-0.1, -0.05) is 12.5 Å². The number of carbonyl (C=O) groups excluding carboxylic acids is 1. The Morgan fingerprint density at radius 2 is 2.00 bits per heavy atom. The minimum absolute atomic E-state index is 0. The topological polar surface area (TPSA) is 91.1 Å². The molecule has 3 N–H and O–H groups in total. The molecule has 3 rings (SSSR count). The summed E-state index contributed by atoms with van der Waals surface area (Å²) in [6.07, 6.45) is 5.48. The Hall–Kier alpha value is -2.27. The summed E-state index contributed by atoms with van der Waals surface area (Å²) in [7, 11) is 1.76. The van der Waals surface area contributed by atoms with Crippen molar-refractivity contribution in [1.82, 2.24) is 15.5 Å². The fourth-order valence-electron chi connectivity index (χ4n) is 3.74. The summed E-state index contributed by atoms with van der Waals surface area (Å²) >= 11 is 0. The molecule has 9 heteroatoms. The molecule has 1 aliphatic rings. The number of ether oxygens (including phenoxy) is 1. The Bertz CT molecular complexity index is 838. The zero-order chi connectivity index (χ0) is 21.9. The van der Waals surface area contributed by atoms with Gasteiger partial charge in [0.2, 0.25) is 5.91 Å². The second-order valence-electron chi connectivity index (χ2n) is 7.57. The van der Waals surface area contributed by atoms with E-state index < -0.39 is 0 Å². The van der Waals surface area contributed by atoms with Crippen molar-refractivity contribution in [2.45, 2.75) is 32.2 Å². The van der Waals surface area contributed by atoms with Crippen LogP contribution in [0.25, 0.3) is 0 Å². The summed E-state index contributed by atoms with van der Waals surface area (Å²) in [4.78, 5) is 18.0. The first kappa shape index (κ1) is 26.0. The highest BCUT2D eigenvalue weighted by molar-refractivity contribution is 14.0. The van der Waals surface area contributed by atoms with Crippen LogP contribution in [-0.4, -0.2) is 56.6 Å². The molecule has 2 heterocycles. The molecular weight excluding hydrogens is 521 g/mol. The normalized spacial score (nSPS) is 15.4. The number of hydrogen-bond donors (Lipinski definition) is 3. The molecule has 0 saturated carbocycles. The van der Waals surface area contributed by atoms with Gasteiger partial charge in [-0.2, -0.15) is 0 Å². The Morgan fingerprint density at radius 3 is 2.69 bits per heavy atom. The van der Waals surface area contributed by atoms with Crippen LogP contribution in [0.2, 0.25) is 0 Å². The average Bonchev–Trinajstić information content (AvgIpc) is 3.30. The van der Waals surface area contributed by atoms with Crippen molar-refractivity contribution in [2.24, 2.45) is 4.99 Å². The number of hydrogen-bond acceptors (Lipinski definition) is 5. The summed E-state index contributed by atoms with van der Waals surface area (Å²) in [5, 5.41) is 9.46. The van der Waals surface area contributed by atoms with Crippen LogP contribution >= 0.6 is 24.0 Å². The van der Waals surface area contributed by atoms with E-state index in [2.05, 4.69) is 25.8 Å². The number of carbonyl (C=O) groups is 1. The first-order chi connectivity index (χ1) is 15.2. The number of nitrogens with one attached hydrogen (secondary N) is 3. The Labute approximate surface area is 207 Å². The molecule has 0 bridgehead atoms. The molecule has 1 unspecified atom stereocenters. The molecule has 32 heavy (non-hydrogen) atoms. The molecule has 176 valence electrons. The van der Waals surface area contributed by atoms with Gasteiger partial charge in [-0.3, -0.25) is 14.7 Å². The van der Waals surface area contributed by atoms with Crippen molar-refractivity contribution in [3.8, 4) is 5.75 Å². The Morgan fingerprint density at radius 1 is 1.19 bits per heavy atom. The van der Waals surface area contributed by atoms with E-state index in [1.165, 1.54) is 26.2 Å². The van der Waals surface area contributed by atoms with Gasteiger partial charge in [0.25, 0.3) is 0 Å². The third-order valence-electron chi connectivity index (χ3n) is 5.21. The lowest BCUT2D eigenvalue weighted by Crippen LogP contribution is -2.45. The van der Waals surface area contributed by atoms with E-state index in [0.29, 0.717) is 25.4 Å². The van der Waals surface area contributed by atoms with Crippen LogP contribution < -0.4 is 20.7 Å². The number of likely N-dealkylation sites (tertiary alicyclic amines) is 1. The number of nitrogens with zero attached hydrogens (tertiary/aromatic N) is 2. The first-order valence-corrected chi connectivity index (χ1v) is 10.9. The van der Waals surface area contributed by atoms with E-state index in [0.717, 1.165) is 30.5 Å². The zero-order valence-electron chi connectivity index (χ0n) is 18.8. The quantitative estimate of drug-likeness (QED) is 0.190. The van der Waals surface area contributed by atoms with Crippen LogP contribution in [0.3, 0.4) is 0 Å². The molecule has 1 aromatic carbocycles. The molecule has 1 saturated heterocycles. The van der Waals surface area contributed by atoms with Crippen LogP contribution in [0.5, 0.6) is 5.75 Å². The number of furan rings is 1. The van der Waals surface area contributed by atoms with E-state index >= 15 is 0 Å². The number of aliphatic imine (C=N–C) groups is 1. The standard InChI is InChI=1S/C23H33N5O3.HI/c1-18(29)27-19-8-6-9-20(16-19)30-15-11-25-23(24-2)26-17-21(22-10-7-14-31-22)28-12-4-3-5-13-28;/h6-10,14,16,21H,3-5,11-13,15,17H2,1-2H3,(H,27,29)(H2,24,25,26);1H. The fourth-order valence-corrected chi connectivity index (χ4v) is 3.74. The van der Waals surface area contributed by atoms with Gasteiger partial charge in [-0.15, -0.1) is 24.0 Å². The number of halogens is 1. The molecule has 1 aromatic heterocycles. The van der Waals surface area contributed by atoms with E-state index in [1.807, 2.05) is 30.3 Å². The lowest BCUT2D eigenvalue weighted by molar-refractivity contribution is -0.114. The van der Waals surface area contributed by atoms with Crippen LogP contribution in [0.4, 0.5) is 5.69 Å². The predicted molar refractivity (Wildman–Crippen MR) is 138 cm³/mol. The van der Waals surface area contributed by atoms with Gasteiger partial charge in [0.15, 0.2) is 5.96 Å². The molecule has 0 radical (unpaired) electrons. The molecule has 2 aromatic rings. The number of anilines is 1. The third kappa shape index (κ3) is 8.34. The van der Waals surface area contributed by atoms with E-state index in [9.17, 15) is 4.79 Å². The number of benzene rings is 1. The minimum Gasteiger partial charge on any atom is -0.492 e. The van der Waals surface area contributed by atoms with Gasteiger partial charge in [0.1, 0.15) is 18.1 Å². The van der Waals surface area contributed by atoms with Gasteiger partial charge in [0, 0.05) is 32.3 Å². The SMILES string of the molecule is CN=C(NCCOc1cccc(NC(C)=O)c1)NCC(c1ccco1)N1CCCCC1.I. The third-order valence-corrected chi connectivity index (χ3v) is 5.21. The highest BCUT2D eigenvalue weighted by Gasteiger charge is 2.24. The summed E-state index contributed by atoms with van der Waals surface area (Å²) in [5.41, 5.74) is 0.720. The minimum atomic E-state index is -0.105. The van der Waals surface area contributed by atoms with Crippen molar-refractivity contribution in [3.63, 3.8) is 0 Å². The average molecular weight is 555 g/mol. The zero-order valence-corrected chi connectivity index (χ0v) is 21.1. The molecule has 1 aliphatic heterocycles. The second-order valence-corrected chi connectivity index (χ2v) is 7.57. The van der Waals surface area contributed by atoms with Gasteiger partial charge < -0.3 is 25.1 Å². The molecule has 8 nitrogen and oxygen atoms in total. The maximum Gasteiger partial charge on any atom is 0.221 e. The van der Waals surface area contributed by atoms with E-state index in [1.54, 1.807) is 19.4 Å². The van der Waals surface area contributed by atoms with Gasteiger partial charge >= 0.3 is 0 Å². The van der Waals surface area contributed by atoms with Crippen molar-refractivity contribution in [1.29, 1.82) is 0 Å². The largest absolute Gasteiger partial charge is 0.492 e. The number of guanidine groups is 1. The Balaban J connectivity index is 0.00000363. The lowest BCUT2D eigenvalue weighted by Gasteiger charge is -2.33. The number of rotatable bonds is 9. The molecule has 1 atom stereocenters. The van der Waals surface area contributed by atoms with Crippen LogP contribution in [0.1, 0.15) is 38.0 Å². The predicted octanol–water partition coefficient (Wildman–Crippen LogP) is 3.63. The van der Waals surface area contributed by atoms with E-state index in [-0.39, 0.29) is 35.9 Å². The summed E-state index contributed by atoms with van der Waals surface area (Å²) < 4.78 is 11.5. The molecule has 1 amide bonds. The van der Waals surface area contributed by atoms with Crippen molar-refractivity contribution < 1.29 is 13.9 Å². The summed E-state index contributed by atoms with van der Waals surface area (Å²) in [5.74, 6) is 2.31. The number of amides is 1. The van der Waals surface area contributed by atoms with Gasteiger partial charge in [0.05, 0.1) is 18.8 Å². The lowest BCUT2D eigenvalue weighted by atomic mass is 10.1. The number of piperidine rings is 1. The highest BCUT2D eigenvalue weighted by Crippen LogP contribution is 2.24. The Kier molecular flexibility index (Phi) is 11.4. The monoisotopic (exact) mass is 555 g/mol. The summed E-state index contributed by atoms with van der Waals surface area (Å²) in [6.45, 7) is 5.44. The maximum atomic E-state index is 11.2. The van der Waals surface area contributed by atoms with Gasteiger partial charge in [-0.25, -0.2) is 0 Å². The second kappa shape index (κ2) is 14.0. The maximum absolute atomic E-state index is 11.2. The van der Waals surface area contributed by atoms with Crippen LogP contribution in [0, 0.1) is 0 Å². The molecule has 1 fully saturated rings. The van der Waals surface area contributed by atoms with Crippen molar-refractivity contribution in [2.75, 3.05) is 45.2 Å². The van der Waals surface area contributed by atoms with Crippen LogP contribution in [-0.2, 0) is 4.79 Å². The first-order valence-electron chi connectivity index (χ1n) is 10.9. The van der Waals surface area contributed by atoms with Crippen LogP contribution in [0.15, 0.2) is 52.1 Å². The molecular formula is C23H34IN5O3. The smallest absolute Gasteiger partial charge is 0.221 e.